The van der Waals surface area contributed by atoms with Gasteiger partial charge in [0.25, 0.3) is 0 Å². The van der Waals surface area contributed by atoms with E-state index in [1.54, 1.807) is 4.88 Å². The van der Waals surface area contributed by atoms with E-state index in [1.807, 2.05) is 11.3 Å². The number of rotatable bonds is 4. The molecule has 3 atom stereocenters. The zero-order valence-electron chi connectivity index (χ0n) is 10.2. The molecule has 90 valence electrons. The van der Waals surface area contributed by atoms with Gasteiger partial charge in [-0.05, 0) is 52.2 Å². The molecule has 1 aromatic heterocycles. The average Bonchev–Trinajstić information content (AvgIpc) is 2.68. The second-order valence-electron chi connectivity index (χ2n) is 4.89. The topological polar surface area (TPSA) is 12.0 Å². The Labute approximate surface area is 111 Å². The van der Waals surface area contributed by atoms with Crippen LogP contribution >= 0.6 is 27.3 Å². The molecule has 0 radical (unpaired) electrons. The second-order valence-corrected chi connectivity index (χ2v) is 6.69. The highest BCUT2D eigenvalue weighted by atomic mass is 79.9. The lowest BCUT2D eigenvalue weighted by atomic mass is 9.55. The van der Waals surface area contributed by atoms with Crippen LogP contribution in [0.4, 0.5) is 0 Å². The Morgan fingerprint density at radius 1 is 1.56 bits per heavy atom. The Hall–Kier alpha value is 0.140. The summed E-state index contributed by atoms with van der Waals surface area (Å²) < 4.78 is 1.30. The van der Waals surface area contributed by atoms with Crippen molar-refractivity contribution in [1.29, 1.82) is 0 Å². The highest BCUT2D eigenvalue weighted by Gasteiger charge is 2.51. The van der Waals surface area contributed by atoms with E-state index >= 15 is 0 Å². The van der Waals surface area contributed by atoms with Crippen LogP contribution in [-0.2, 0) is 0 Å². The number of nitrogens with one attached hydrogen (secondary N) is 1. The van der Waals surface area contributed by atoms with Gasteiger partial charge in [-0.15, -0.1) is 11.3 Å². The molecule has 1 aliphatic rings. The summed E-state index contributed by atoms with van der Waals surface area (Å²) in [4.78, 5) is 1.54. The van der Waals surface area contributed by atoms with Gasteiger partial charge in [-0.3, -0.25) is 0 Å². The smallest absolute Gasteiger partial charge is 0.0317 e. The van der Waals surface area contributed by atoms with E-state index in [9.17, 15) is 0 Å². The fraction of sp³-hybridized carbons (Fsp3) is 0.692. The van der Waals surface area contributed by atoms with Gasteiger partial charge < -0.3 is 5.32 Å². The van der Waals surface area contributed by atoms with E-state index in [-0.39, 0.29) is 0 Å². The van der Waals surface area contributed by atoms with E-state index in [1.165, 1.54) is 17.3 Å². The van der Waals surface area contributed by atoms with Crippen LogP contribution < -0.4 is 5.32 Å². The number of hydrogen-bond acceptors (Lipinski definition) is 2. The molecule has 1 fully saturated rings. The molecule has 0 bridgehead atoms. The summed E-state index contributed by atoms with van der Waals surface area (Å²) in [7, 11) is 0. The molecule has 2 rings (SSSR count). The van der Waals surface area contributed by atoms with Crippen molar-refractivity contribution in [3.8, 4) is 0 Å². The summed E-state index contributed by atoms with van der Waals surface area (Å²) in [5.74, 6) is 0.732. The largest absolute Gasteiger partial charge is 0.314 e. The molecule has 16 heavy (non-hydrogen) atoms. The van der Waals surface area contributed by atoms with Gasteiger partial charge in [0, 0.05) is 21.3 Å². The van der Waals surface area contributed by atoms with Crippen LogP contribution in [0, 0.1) is 5.41 Å². The van der Waals surface area contributed by atoms with E-state index < -0.39 is 0 Å². The molecule has 1 aliphatic carbocycles. The van der Waals surface area contributed by atoms with E-state index in [2.05, 4.69) is 53.5 Å². The summed E-state index contributed by atoms with van der Waals surface area (Å²) in [6.45, 7) is 8.03. The fourth-order valence-electron chi connectivity index (χ4n) is 2.87. The predicted octanol–water partition coefficient (Wildman–Crippen LogP) is 4.39. The minimum Gasteiger partial charge on any atom is -0.314 e. The maximum Gasteiger partial charge on any atom is 0.0317 e. The van der Waals surface area contributed by atoms with Crippen molar-refractivity contribution in [2.45, 2.75) is 45.6 Å². The summed E-state index contributed by atoms with van der Waals surface area (Å²) in [5, 5.41) is 5.81. The van der Waals surface area contributed by atoms with Gasteiger partial charge in [-0.25, -0.2) is 0 Å². The van der Waals surface area contributed by atoms with Gasteiger partial charge in [-0.2, -0.15) is 0 Å². The molecule has 0 spiro atoms. The number of hydrogen-bond donors (Lipinski definition) is 1. The van der Waals surface area contributed by atoms with Crippen LogP contribution in [0.3, 0.4) is 0 Å². The zero-order chi connectivity index (χ0) is 11.8. The third kappa shape index (κ3) is 1.87. The molecular formula is C13H20BrNS. The van der Waals surface area contributed by atoms with E-state index in [0.717, 1.165) is 12.5 Å². The third-order valence-corrected chi connectivity index (χ3v) is 6.22. The first-order valence-corrected chi connectivity index (χ1v) is 7.77. The number of halogens is 1. The first kappa shape index (κ1) is 12.6. The van der Waals surface area contributed by atoms with Crippen LogP contribution in [0.2, 0.25) is 0 Å². The van der Waals surface area contributed by atoms with Crippen LogP contribution in [0.15, 0.2) is 15.9 Å². The molecule has 1 N–H and O–H groups in total. The molecule has 3 heteroatoms. The molecule has 0 aliphatic heterocycles. The standard InChI is InChI=1S/C13H20BrNS/c1-4-13(3)9(8-11(13)15-5-2)12-10(14)6-7-16-12/h6-7,9,11,15H,4-5,8H2,1-3H3. The Morgan fingerprint density at radius 3 is 2.81 bits per heavy atom. The Kier molecular flexibility index (Phi) is 3.77. The van der Waals surface area contributed by atoms with Crippen LogP contribution in [-0.4, -0.2) is 12.6 Å². The Balaban J connectivity index is 2.17. The van der Waals surface area contributed by atoms with Gasteiger partial charge in [0.05, 0.1) is 0 Å². The zero-order valence-corrected chi connectivity index (χ0v) is 12.6. The van der Waals surface area contributed by atoms with Gasteiger partial charge in [-0.1, -0.05) is 20.8 Å². The molecule has 0 aromatic carbocycles. The van der Waals surface area contributed by atoms with Crippen molar-refractivity contribution >= 4 is 27.3 Å². The van der Waals surface area contributed by atoms with Gasteiger partial charge >= 0.3 is 0 Å². The maximum atomic E-state index is 3.67. The Morgan fingerprint density at radius 2 is 2.31 bits per heavy atom. The average molecular weight is 302 g/mol. The van der Waals surface area contributed by atoms with Crippen molar-refractivity contribution in [2.75, 3.05) is 6.54 Å². The summed E-state index contributed by atoms with van der Waals surface area (Å²) in [6, 6.07) is 2.87. The summed E-state index contributed by atoms with van der Waals surface area (Å²) >= 11 is 5.57. The molecule has 1 saturated carbocycles. The second kappa shape index (κ2) is 4.79. The highest BCUT2D eigenvalue weighted by Crippen LogP contribution is 2.57. The monoisotopic (exact) mass is 301 g/mol. The normalized spacial score (nSPS) is 33.8. The van der Waals surface area contributed by atoms with Crippen molar-refractivity contribution in [1.82, 2.24) is 5.32 Å². The van der Waals surface area contributed by atoms with Crippen LogP contribution in [0.1, 0.15) is 44.4 Å². The lowest BCUT2D eigenvalue weighted by Gasteiger charge is -2.54. The minimum atomic E-state index is 0.434. The van der Waals surface area contributed by atoms with Crippen molar-refractivity contribution in [3.63, 3.8) is 0 Å². The fourth-order valence-corrected chi connectivity index (χ4v) is 4.80. The molecule has 1 heterocycles. The lowest BCUT2D eigenvalue weighted by molar-refractivity contribution is 0.0472. The lowest BCUT2D eigenvalue weighted by Crippen LogP contribution is -2.56. The molecule has 1 aromatic rings. The summed E-state index contributed by atoms with van der Waals surface area (Å²) in [6.07, 6.45) is 2.54. The minimum absolute atomic E-state index is 0.434. The maximum absolute atomic E-state index is 3.67. The molecule has 1 nitrogen and oxygen atoms in total. The first-order valence-electron chi connectivity index (χ1n) is 6.09. The predicted molar refractivity (Wildman–Crippen MR) is 75.2 cm³/mol. The van der Waals surface area contributed by atoms with Gasteiger partial charge in [0.2, 0.25) is 0 Å². The molecule has 0 saturated heterocycles. The van der Waals surface area contributed by atoms with Crippen molar-refractivity contribution in [3.05, 3.63) is 20.8 Å². The molecule has 0 amide bonds. The molecular weight excluding hydrogens is 282 g/mol. The quantitative estimate of drug-likeness (QED) is 0.869. The molecule has 3 unspecified atom stereocenters. The van der Waals surface area contributed by atoms with E-state index in [4.69, 9.17) is 0 Å². The van der Waals surface area contributed by atoms with Crippen molar-refractivity contribution in [2.24, 2.45) is 5.41 Å². The first-order chi connectivity index (χ1) is 7.63. The Bertz CT molecular complexity index is 363. The SMILES string of the molecule is CCNC1CC(c2sccc2Br)C1(C)CC. The van der Waals surface area contributed by atoms with Gasteiger partial charge in [0.15, 0.2) is 0 Å². The van der Waals surface area contributed by atoms with Crippen LogP contribution in [0.25, 0.3) is 0 Å². The van der Waals surface area contributed by atoms with Gasteiger partial charge in [0.1, 0.15) is 0 Å². The van der Waals surface area contributed by atoms with Crippen LogP contribution in [0.5, 0.6) is 0 Å². The third-order valence-electron chi connectivity index (χ3n) is 4.24. The number of thiophene rings is 1. The summed E-state index contributed by atoms with van der Waals surface area (Å²) in [5.41, 5.74) is 0.434. The highest BCUT2D eigenvalue weighted by molar-refractivity contribution is 9.10. The van der Waals surface area contributed by atoms with E-state index in [0.29, 0.717) is 11.5 Å². The van der Waals surface area contributed by atoms with Crippen molar-refractivity contribution < 1.29 is 0 Å².